The zero-order chi connectivity index (χ0) is 15.6. The van der Waals surface area contributed by atoms with E-state index in [9.17, 15) is 9.59 Å². The Morgan fingerprint density at radius 2 is 2.10 bits per heavy atom. The molecule has 1 fully saturated rings. The first-order valence-corrected chi connectivity index (χ1v) is 7.54. The lowest BCUT2D eigenvalue weighted by molar-refractivity contribution is -0.125. The summed E-state index contributed by atoms with van der Waals surface area (Å²) >= 11 is 0. The quantitative estimate of drug-likeness (QED) is 0.929. The number of carbonyl (C=O) groups is 2. The number of rotatable bonds is 3. The van der Waals surface area contributed by atoms with E-state index in [4.69, 9.17) is 4.42 Å². The third-order valence-electron chi connectivity index (χ3n) is 4.06. The molecule has 2 amide bonds. The van der Waals surface area contributed by atoms with Crippen LogP contribution < -0.4 is 5.32 Å². The molecular weight excluding hydrogens is 268 g/mol. The highest BCUT2D eigenvalue weighted by Crippen LogP contribution is 2.20. The Hall–Kier alpha value is -1.78. The topological polar surface area (TPSA) is 62.6 Å². The molecule has 2 rings (SSSR count). The number of hydrogen-bond acceptors (Lipinski definition) is 3. The van der Waals surface area contributed by atoms with Gasteiger partial charge >= 0.3 is 0 Å². The molecule has 5 heteroatoms. The lowest BCUT2D eigenvalue weighted by atomic mass is 10.0. The van der Waals surface area contributed by atoms with Crippen LogP contribution in [0.1, 0.15) is 48.4 Å². The van der Waals surface area contributed by atoms with E-state index in [1.54, 1.807) is 11.2 Å². The van der Waals surface area contributed by atoms with Gasteiger partial charge in [-0.3, -0.25) is 9.59 Å². The molecule has 0 spiro atoms. The Morgan fingerprint density at radius 3 is 2.67 bits per heavy atom. The molecule has 5 nitrogen and oxygen atoms in total. The lowest BCUT2D eigenvalue weighted by Gasteiger charge is -2.33. The molecule has 116 valence electrons. The second-order valence-corrected chi connectivity index (χ2v) is 6.13. The molecule has 1 unspecified atom stereocenters. The second kappa shape index (κ2) is 6.33. The van der Waals surface area contributed by atoms with Crippen LogP contribution in [-0.2, 0) is 4.79 Å². The number of aryl methyl sites for hydroxylation is 1. The summed E-state index contributed by atoms with van der Waals surface area (Å²) in [6, 6.07) is 0.0361. The van der Waals surface area contributed by atoms with Crippen molar-refractivity contribution in [2.75, 3.05) is 13.1 Å². The minimum atomic E-state index is -0.0795. The van der Waals surface area contributed by atoms with Crippen LogP contribution in [-0.4, -0.2) is 35.8 Å². The fourth-order valence-corrected chi connectivity index (χ4v) is 2.50. The monoisotopic (exact) mass is 292 g/mol. The Kier molecular flexibility index (Phi) is 4.70. The average molecular weight is 292 g/mol. The number of nitrogens with one attached hydrogen (secondary N) is 1. The smallest absolute Gasteiger partial charge is 0.289 e. The van der Waals surface area contributed by atoms with Gasteiger partial charge in [0.2, 0.25) is 5.91 Å². The molecule has 0 bridgehead atoms. The highest BCUT2D eigenvalue weighted by atomic mass is 16.3. The van der Waals surface area contributed by atoms with Gasteiger partial charge in [-0.2, -0.15) is 0 Å². The highest BCUT2D eigenvalue weighted by Gasteiger charge is 2.28. The SMILES string of the molecule is Cc1coc(C(=O)N2CCCC(NC(=O)C(C)C)C2)c1C. The standard InChI is InChI=1S/C16H24N2O3/c1-10(2)15(19)17-13-6-5-7-18(8-13)16(20)14-12(4)11(3)9-21-14/h9-10,13H,5-8H2,1-4H3,(H,17,19). The summed E-state index contributed by atoms with van der Waals surface area (Å²) in [6.45, 7) is 8.83. The van der Waals surface area contributed by atoms with Crippen LogP contribution in [0.4, 0.5) is 0 Å². The van der Waals surface area contributed by atoms with Crippen LogP contribution in [0.15, 0.2) is 10.7 Å². The summed E-state index contributed by atoms with van der Waals surface area (Å²) in [5, 5.41) is 3.01. The molecule has 0 aromatic carbocycles. The Morgan fingerprint density at radius 1 is 1.38 bits per heavy atom. The van der Waals surface area contributed by atoms with Crippen LogP contribution in [0.2, 0.25) is 0 Å². The number of amides is 2. The third kappa shape index (κ3) is 3.46. The van der Waals surface area contributed by atoms with Gasteiger partial charge in [0, 0.05) is 30.6 Å². The van der Waals surface area contributed by atoms with E-state index >= 15 is 0 Å². The van der Waals surface area contributed by atoms with Crippen molar-refractivity contribution in [2.24, 2.45) is 5.92 Å². The van der Waals surface area contributed by atoms with Crippen molar-refractivity contribution in [1.29, 1.82) is 0 Å². The summed E-state index contributed by atoms with van der Waals surface area (Å²) < 4.78 is 5.39. The summed E-state index contributed by atoms with van der Waals surface area (Å²) in [6.07, 6.45) is 3.43. The van der Waals surface area contributed by atoms with Crippen LogP contribution in [0.25, 0.3) is 0 Å². The Balaban J connectivity index is 2.02. The molecule has 1 N–H and O–H groups in total. The number of piperidine rings is 1. The van der Waals surface area contributed by atoms with Gasteiger partial charge in [0.1, 0.15) is 0 Å². The van der Waals surface area contributed by atoms with Gasteiger partial charge in [0.25, 0.3) is 5.91 Å². The predicted octanol–water partition coefficient (Wildman–Crippen LogP) is 2.27. The maximum atomic E-state index is 12.5. The number of hydrogen-bond donors (Lipinski definition) is 1. The Labute approximate surface area is 125 Å². The first-order valence-electron chi connectivity index (χ1n) is 7.54. The third-order valence-corrected chi connectivity index (χ3v) is 4.06. The van der Waals surface area contributed by atoms with Gasteiger partial charge in [-0.15, -0.1) is 0 Å². The van der Waals surface area contributed by atoms with Gasteiger partial charge < -0.3 is 14.6 Å². The van der Waals surface area contributed by atoms with Gasteiger partial charge in [-0.1, -0.05) is 13.8 Å². The molecule has 1 aromatic heterocycles. The average Bonchev–Trinajstić information content (AvgIpc) is 2.78. The summed E-state index contributed by atoms with van der Waals surface area (Å²) in [5.74, 6) is 0.345. The molecule has 2 heterocycles. The first-order chi connectivity index (χ1) is 9.90. The fraction of sp³-hybridized carbons (Fsp3) is 0.625. The second-order valence-electron chi connectivity index (χ2n) is 6.13. The van der Waals surface area contributed by atoms with Gasteiger partial charge in [0.05, 0.1) is 6.26 Å². The molecule has 1 aliphatic heterocycles. The van der Waals surface area contributed by atoms with E-state index in [1.165, 1.54) is 0 Å². The minimum absolute atomic E-state index is 0.0361. The highest BCUT2D eigenvalue weighted by molar-refractivity contribution is 5.93. The molecule has 1 saturated heterocycles. The predicted molar refractivity (Wildman–Crippen MR) is 80.1 cm³/mol. The van der Waals surface area contributed by atoms with E-state index in [0.717, 1.165) is 24.0 Å². The molecular formula is C16H24N2O3. The number of carbonyl (C=O) groups excluding carboxylic acids is 2. The summed E-state index contributed by atoms with van der Waals surface area (Å²) in [7, 11) is 0. The van der Waals surface area contributed by atoms with E-state index in [1.807, 2.05) is 27.7 Å². The van der Waals surface area contributed by atoms with Crippen LogP contribution >= 0.6 is 0 Å². The van der Waals surface area contributed by atoms with E-state index in [0.29, 0.717) is 18.8 Å². The first kappa shape index (κ1) is 15.6. The molecule has 1 atom stereocenters. The molecule has 0 radical (unpaired) electrons. The van der Waals surface area contributed by atoms with E-state index in [2.05, 4.69) is 5.32 Å². The van der Waals surface area contributed by atoms with Gasteiger partial charge in [-0.25, -0.2) is 0 Å². The molecule has 21 heavy (non-hydrogen) atoms. The van der Waals surface area contributed by atoms with Gasteiger partial charge in [0.15, 0.2) is 5.76 Å². The van der Waals surface area contributed by atoms with Crippen molar-refractivity contribution < 1.29 is 14.0 Å². The van der Waals surface area contributed by atoms with Crippen molar-refractivity contribution >= 4 is 11.8 Å². The van der Waals surface area contributed by atoms with E-state index < -0.39 is 0 Å². The molecule has 1 aromatic rings. The van der Waals surface area contributed by atoms with Crippen molar-refractivity contribution in [3.05, 3.63) is 23.2 Å². The number of likely N-dealkylation sites (tertiary alicyclic amines) is 1. The van der Waals surface area contributed by atoms with Crippen LogP contribution in [0.3, 0.4) is 0 Å². The maximum absolute atomic E-state index is 12.5. The van der Waals surface area contributed by atoms with Crippen molar-refractivity contribution in [2.45, 2.75) is 46.6 Å². The summed E-state index contributed by atoms with van der Waals surface area (Å²) in [4.78, 5) is 26.1. The van der Waals surface area contributed by atoms with Crippen LogP contribution in [0.5, 0.6) is 0 Å². The van der Waals surface area contributed by atoms with Crippen molar-refractivity contribution in [1.82, 2.24) is 10.2 Å². The number of nitrogens with zero attached hydrogens (tertiary/aromatic N) is 1. The normalized spacial score (nSPS) is 18.9. The molecule has 0 aliphatic carbocycles. The lowest BCUT2D eigenvalue weighted by Crippen LogP contribution is -2.50. The summed E-state index contributed by atoms with van der Waals surface area (Å²) in [5.41, 5.74) is 1.88. The van der Waals surface area contributed by atoms with Crippen molar-refractivity contribution in [3.8, 4) is 0 Å². The van der Waals surface area contributed by atoms with Crippen LogP contribution in [0, 0.1) is 19.8 Å². The zero-order valence-corrected chi connectivity index (χ0v) is 13.2. The molecule has 0 saturated carbocycles. The van der Waals surface area contributed by atoms with Crippen molar-refractivity contribution in [3.63, 3.8) is 0 Å². The minimum Gasteiger partial charge on any atom is -0.459 e. The maximum Gasteiger partial charge on any atom is 0.289 e. The number of furan rings is 1. The zero-order valence-electron chi connectivity index (χ0n) is 13.2. The Bertz CT molecular complexity index is 534. The van der Waals surface area contributed by atoms with E-state index in [-0.39, 0.29) is 23.8 Å². The largest absolute Gasteiger partial charge is 0.459 e. The fourth-order valence-electron chi connectivity index (χ4n) is 2.50. The van der Waals surface area contributed by atoms with Gasteiger partial charge in [-0.05, 0) is 32.3 Å². The molecule has 1 aliphatic rings.